The quantitative estimate of drug-likeness (QED) is 0.162. The van der Waals surface area contributed by atoms with Crippen molar-refractivity contribution in [2.75, 3.05) is 4.90 Å². The van der Waals surface area contributed by atoms with Crippen LogP contribution in [0.5, 0.6) is 0 Å². The molecule has 0 atom stereocenters. The van der Waals surface area contributed by atoms with Crippen molar-refractivity contribution in [3.63, 3.8) is 0 Å². The van der Waals surface area contributed by atoms with E-state index in [1.54, 1.807) is 0 Å². The second kappa shape index (κ2) is 14.9. The molecular weight excluding hydrogens is 847 g/mol. The lowest BCUT2D eigenvalue weighted by atomic mass is 9.70. The lowest BCUT2D eigenvalue weighted by molar-refractivity contribution is 0.794. The Morgan fingerprint density at radius 2 is 0.857 bits per heavy atom. The molecule has 2 aromatic heterocycles. The Morgan fingerprint density at radius 1 is 0.357 bits per heavy atom. The van der Waals surface area contributed by atoms with Crippen molar-refractivity contribution in [1.82, 2.24) is 9.13 Å². The van der Waals surface area contributed by atoms with Crippen LogP contribution in [0.3, 0.4) is 0 Å². The van der Waals surface area contributed by atoms with Crippen LogP contribution in [-0.2, 0) is 5.41 Å². The summed E-state index contributed by atoms with van der Waals surface area (Å²) in [6.07, 6.45) is 0. The van der Waals surface area contributed by atoms with Gasteiger partial charge in [-0.3, -0.25) is 0 Å². The Labute approximate surface area is 413 Å². The van der Waals surface area contributed by atoms with E-state index in [9.17, 15) is 0 Å². The van der Waals surface area contributed by atoms with Gasteiger partial charge in [0.05, 0.1) is 40.0 Å². The molecule has 0 fully saturated rings. The van der Waals surface area contributed by atoms with Crippen molar-refractivity contribution >= 4 is 60.7 Å². The van der Waals surface area contributed by atoms with Crippen LogP contribution in [0.2, 0.25) is 0 Å². The zero-order chi connectivity index (χ0) is 50.3. The SMILES string of the molecule is [2H]c1c([2H])c([2H])c(-c2ccc(N(c3ccc4c5ccc6c7ccccc7n(-c7ccccc7)c6c5n(-c5ccccc5)c4c3)c3cccc4c3-c3ccccc3C43c4ccccc4-c4ccccc43)cc2)c([2H])c1[2H]. The second-order valence-corrected chi connectivity index (χ2v) is 18.4. The van der Waals surface area contributed by atoms with E-state index >= 15 is 0 Å². The second-order valence-electron chi connectivity index (χ2n) is 18.4. The first-order valence-corrected chi connectivity index (χ1v) is 23.9. The fourth-order valence-corrected chi connectivity index (χ4v) is 12.3. The minimum Gasteiger partial charge on any atom is -0.310 e. The average Bonchev–Trinajstić information content (AvgIpc) is 4.18. The summed E-state index contributed by atoms with van der Waals surface area (Å²) in [7, 11) is 0. The van der Waals surface area contributed by atoms with Crippen molar-refractivity contribution in [2.45, 2.75) is 5.41 Å². The van der Waals surface area contributed by atoms with E-state index in [4.69, 9.17) is 6.85 Å². The van der Waals surface area contributed by atoms with Gasteiger partial charge in [-0.05, 0) is 111 Å². The monoisotopic (exact) mass is 894 g/mol. The van der Waals surface area contributed by atoms with Gasteiger partial charge >= 0.3 is 0 Å². The molecule has 2 aliphatic carbocycles. The highest BCUT2D eigenvalue weighted by Crippen LogP contribution is 2.64. The summed E-state index contributed by atoms with van der Waals surface area (Å²) in [6.45, 7) is 0. The predicted molar refractivity (Wildman–Crippen MR) is 292 cm³/mol. The molecule has 0 N–H and O–H groups in total. The first-order valence-electron chi connectivity index (χ1n) is 26.4. The molecule has 0 unspecified atom stereocenters. The van der Waals surface area contributed by atoms with Gasteiger partial charge in [0.25, 0.3) is 0 Å². The number of hydrogen-bond donors (Lipinski definition) is 0. The lowest BCUT2D eigenvalue weighted by Gasteiger charge is -2.32. The average molecular weight is 895 g/mol. The fourth-order valence-electron chi connectivity index (χ4n) is 12.3. The molecule has 3 nitrogen and oxygen atoms in total. The third-order valence-electron chi connectivity index (χ3n) is 15.0. The number of para-hydroxylation sites is 3. The Balaban J connectivity index is 1.04. The van der Waals surface area contributed by atoms with E-state index in [-0.39, 0.29) is 29.7 Å². The maximum absolute atomic E-state index is 8.89. The van der Waals surface area contributed by atoms with Crippen LogP contribution in [0.4, 0.5) is 17.1 Å². The number of benzene rings is 11. The highest BCUT2D eigenvalue weighted by Gasteiger charge is 2.52. The molecule has 15 rings (SSSR count). The largest absolute Gasteiger partial charge is 0.310 e. The first-order chi connectivity index (χ1) is 36.8. The number of rotatable bonds is 6. The van der Waals surface area contributed by atoms with Gasteiger partial charge < -0.3 is 14.0 Å². The molecule has 70 heavy (non-hydrogen) atoms. The summed E-state index contributed by atoms with van der Waals surface area (Å²) in [5, 5.41) is 4.61. The molecule has 3 heteroatoms. The van der Waals surface area contributed by atoms with Gasteiger partial charge in [0, 0.05) is 49.9 Å². The minimum atomic E-state index is -0.572. The molecule has 13 aromatic rings. The molecule has 326 valence electrons. The highest BCUT2D eigenvalue weighted by atomic mass is 15.1. The van der Waals surface area contributed by atoms with Crippen molar-refractivity contribution in [2.24, 2.45) is 0 Å². The zero-order valence-corrected chi connectivity index (χ0v) is 37.8. The molecule has 0 amide bonds. The summed E-state index contributed by atoms with van der Waals surface area (Å²) < 4.78 is 47.9. The number of anilines is 3. The van der Waals surface area contributed by atoms with Gasteiger partial charge in [-0.25, -0.2) is 0 Å². The number of fused-ring (bicyclic) bond motifs is 17. The maximum atomic E-state index is 8.89. The molecule has 1 spiro atoms. The van der Waals surface area contributed by atoms with Crippen molar-refractivity contribution in [1.29, 1.82) is 0 Å². The van der Waals surface area contributed by atoms with Crippen LogP contribution in [0.1, 0.15) is 29.1 Å². The fraction of sp³-hybridized carbons (Fsp3) is 0.0149. The zero-order valence-electron chi connectivity index (χ0n) is 42.8. The van der Waals surface area contributed by atoms with Crippen molar-refractivity contribution in [3.05, 3.63) is 283 Å². The van der Waals surface area contributed by atoms with E-state index in [0.29, 0.717) is 5.56 Å². The molecule has 0 aliphatic heterocycles. The number of aromatic nitrogens is 2. The Hall–Kier alpha value is -9.18. The smallest absolute Gasteiger partial charge is 0.0788 e. The molecule has 2 aliphatic rings. The standard InChI is InChI=1S/C67H43N3/c1-4-19-44(20-5-1)45-35-37-48(38-36-45)68(62-34-18-32-60-64(62)56-28-12-16-31-59(56)67(60)57-29-14-10-25-50(57)51-26-11-15-30-58(51)67)49-39-40-53-55-42-41-54-52-27-13-17-33-61(52)69(46-21-6-2-7-22-46)65(54)66(55)70(63(53)43-49)47-23-8-3-9-24-47/h1-43H/i1D,4D,5D,19D,20D. The minimum absolute atomic E-state index is 0.169. The summed E-state index contributed by atoms with van der Waals surface area (Å²) >= 11 is 0. The predicted octanol–water partition coefficient (Wildman–Crippen LogP) is 17.4. The van der Waals surface area contributed by atoms with E-state index in [2.05, 4.69) is 220 Å². The summed E-state index contributed by atoms with van der Waals surface area (Å²) in [4.78, 5) is 2.34. The number of nitrogens with zero attached hydrogens (tertiary/aromatic N) is 3. The Morgan fingerprint density at radius 3 is 1.51 bits per heavy atom. The Bertz CT molecular complexity index is 4460. The molecular formula is C67H43N3. The Kier molecular flexibility index (Phi) is 7.28. The van der Waals surface area contributed by atoms with Crippen molar-refractivity contribution in [3.8, 4) is 44.8 Å². The van der Waals surface area contributed by atoms with Gasteiger partial charge in [-0.2, -0.15) is 0 Å². The summed E-state index contributed by atoms with van der Waals surface area (Å²) in [5.74, 6) is 0. The van der Waals surface area contributed by atoms with Gasteiger partial charge in [0.1, 0.15) is 0 Å². The van der Waals surface area contributed by atoms with Crippen LogP contribution in [0.15, 0.2) is 261 Å². The normalized spacial score (nSPS) is 14.0. The molecule has 2 heterocycles. The third-order valence-corrected chi connectivity index (χ3v) is 15.0. The summed E-state index contributed by atoms with van der Waals surface area (Å²) in [6, 6.07) is 80.9. The van der Waals surface area contributed by atoms with Gasteiger partial charge in [-0.1, -0.05) is 200 Å². The maximum Gasteiger partial charge on any atom is 0.0788 e. The first kappa shape index (κ1) is 34.2. The molecule has 11 aromatic carbocycles. The van der Waals surface area contributed by atoms with E-state index in [1.807, 2.05) is 24.3 Å². The topological polar surface area (TPSA) is 13.1 Å². The van der Waals surface area contributed by atoms with Crippen LogP contribution in [-0.4, -0.2) is 9.13 Å². The summed E-state index contributed by atoms with van der Waals surface area (Å²) in [5.41, 5.74) is 19.2. The van der Waals surface area contributed by atoms with E-state index < -0.39 is 11.5 Å². The van der Waals surface area contributed by atoms with Crippen LogP contribution >= 0.6 is 0 Å². The van der Waals surface area contributed by atoms with E-state index in [0.717, 1.165) is 72.4 Å². The van der Waals surface area contributed by atoms with Crippen LogP contribution in [0, 0.1) is 0 Å². The molecule has 0 saturated carbocycles. The number of hydrogen-bond acceptors (Lipinski definition) is 1. The van der Waals surface area contributed by atoms with Gasteiger partial charge in [0.2, 0.25) is 0 Å². The van der Waals surface area contributed by atoms with Crippen molar-refractivity contribution < 1.29 is 6.85 Å². The van der Waals surface area contributed by atoms with Crippen LogP contribution in [0.25, 0.3) is 88.4 Å². The van der Waals surface area contributed by atoms with Gasteiger partial charge in [0.15, 0.2) is 0 Å². The van der Waals surface area contributed by atoms with Gasteiger partial charge in [-0.15, -0.1) is 0 Å². The third kappa shape index (κ3) is 5.29. The molecule has 0 radical (unpaired) electrons. The van der Waals surface area contributed by atoms with Crippen LogP contribution < -0.4 is 4.90 Å². The van der Waals surface area contributed by atoms with E-state index in [1.165, 1.54) is 44.2 Å². The molecule has 0 bridgehead atoms. The highest BCUT2D eigenvalue weighted by molar-refractivity contribution is 6.24. The molecule has 0 saturated heterocycles. The lowest BCUT2D eigenvalue weighted by Crippen LogP contribution is -2.26.